The summed E-state index contributed by atoms with van der Waals surface area (Å²) in [6, 6.07) is 5.66. The molecule has 0 spiro atoms. The largest absolute Gasteiger partial charge is 0.497 e. The molecule has 0 radical (unpaired) electrons. The van der Waals surface area contributed by atoms with E-state index < -0.39 is 0 Å². The molecule has 2 N–H and O–H groups in total. The van der Waals surface area contributed by atoms with Gasteiger partial charge < -0.3 is 15.2 Å². The van der Waals surface area contributed by atoms with E-state index in [1.807, 2.05) is 25.1 Å². The third-order valence-corrected chi connectivity index (χ3v) is 2.60. The molecule has 2 rings (SSSR count). The lowest BCUT2D eigenvalue weighted by Crippen LogP contribution is -1.98. The van der Waals surface area contributed by atoms with Crippen molar-refractivity contribution in [1.82, 2.24) is 4.98 Å². The molecule has 1 aromatic heterocycles. The van der Waals surface area contributed by atoms with Gasteiger partial charge in [0.2, 0.25) is 5.88 Å². The van der Waals surface area contributed by atoms with E-state index in [0.29, 0.717) is 11.6 Å². The van der Waals surface area contributed by atoms with Crippen molar-refractivity contribution in [3.63, 3.8) is 0 Å². The first-order chi connectivity index (χ1) is 7.67. The van der Waals surface area contributed by atoms with Crippen LogP contribution in [0.5, 0.6) is 11.6 Å². The van der Waals surface area contributed by atoms with Gasteiger partial charge >= 0.3 is 0 Å². The lowest BCUT2D eigenvalue weighted by Gasteiger charge is -2.10. The molecule has 0 bridgehead atoms. The van der Waals surface area contributed by atoms with E-state index in [-0.39, 0.29) is 0 Å². The van der Waals surface area contributed by atoms with Crippen molar-refractivity contribution in [2.75, 3.05) is 20.0 Å². The van der Waals surface area contributed by atoms with Gasteiger partial charge in [-0.2, -0.15) is 0 Å². The molecule has 0 aliphatic rings. The fourth-order valence-electron chi connectivity index (χ4n) is 1.69. The highest BCUT2D eigenvalue weighted by Gasteiger charge is 2.10. The van der Waals surface area contributed by atoms with Gasteiger partial charge in [-0.15, -0.1) is 0 Å². The standard InChI is InChI=1S/C12H14N2O2/c1-7-11(13)9-5-4-8(15-2)6-10(9)12(14-7)16-3/h4-6H,13H2,1-3H3. The van der Waals surface area contributed by atoms with Gasteiger partial charge in [0.05, 0.1) is 25.6 Å². The Morgan fingerprint density at radius 3 is 2.50 bits per heavy atom. The number of nitrogen functional groups attached to an aromatic ring is 1. The topological polar surface area (TPSA) is 57.4 Å². The van der Waals surface area contributed by atoms with Crippen molar-refractivity contribution in [2.24, 2.45) is 0 Å². The number of nitrogens with two attached hydrogens (primary N) is 1. The highest BCUT2D eigenvalue weighted by Crippen LogP contribution is 2.32. The number of hydrogen-bond donors (Lipinski definition) is 1. The minimum Gasteiger partial charge on any atom is -0.497 e. The molecule has 0 saturated heterocycles. The van der Waals surface area contributed by atoms with Crippen LogP contribution in [0.1, 0.15) is 5.69 Å². The molecule has 0 fully saturated rings. The number of anilines is 1. The van der Waals surface area contributed by atoms with Crippen LogP contribution in [-0.4, -0.2) is 19.2 Å². The molecule has 16 heavy (non-hydrogen) atoms. The predicted octanol–water partition coefficient (Wildman–Crippen LogP) is 2.14. The third kappa shape index (κ3) is 1.52. The Labute approximate surface area is 94.0 Å². The maximum Gasteiger partial charge on any atom is 0.221 e. The van der Waals surface area contributed by atoms with E-state index in [2.05, 4.69) is 4.98 Å². The van der Waals surface area contributed by atoms with E-state index in [1.54, 1.807) is 14.2 Å². The molecule has 84 valence electrons. The smallest absolute Gasteiger partial charge is 0.221 e. The third-order valence-electron chi connectivity index (χ3n) is 2.60. The first-order valence-electron chi connectivity index (χ1n) is 4.95. The number of benzene rings is 1. The fraction of sp³-hybridized carbons (Fsp3) is 0.250. The monoisotopic (exact) mass is 218 g/mol. The molecule has 0 unspecified atom stereocenters. The van der Waals surface area contributed by atoms with Gasteiger partial charge in [-0.05, 0) is 25.1 Å². The van der Waals surface area contributed by atoms with Crippen LogP contribution in [0.25, 0.3) is 10.8 Å². The molecule has 2 aromatic rings. The van der Waals surface area contributed by atoms with Gasteiger partial charge in [0, 0.05) is 10.8 Å². The summed E-state index contributed by atoms with van der Waals surface area (Å²) in [6.45, 7) is 1.86. The van der Waals surface area contributed by atoms with Crippen LogP contribution in [0.15, 0.2) is 18.2 Å². The van der Waals surface area contributed by atoms with Gasteiger partial charge in [0.25, 0.3) is 0 Å². The number of pyridine rings is 1. The molecule has 4 nitrogen and oxygen atoms in total. The molecule has 0 aliphatic carbocycles. The normalized spacial score (nSPS) is 10.4. The summed E-state index contributed by atoms with van der Waals surface area (Å²) < 4.78 is 10.4. The Morgan fingerprint density at radius 2 is 1.88 bits per heavy atom. The van der Waals surface area contributed by atoms with Crippen LogP contribution < -0.4 is 15.2 Å². The lowest BCUT2D eigenvalue weighted by molar-refractivity contribution is 0.401. The molecule has 4 heteroatoms. The van der Waals surface area contributed by atoms with Crippen molar-refractivity contribution in [2.45, 2.75) is 6.92 Å². The molecule has 0 aliphatic heterocycles. The molecule has 0 atom stereocenters. The highest BCUT2D eigenvalue weighted by molar-refractivity contribution is 5.97. The van der Waals surface area contributed by atoms with Gasteiger partial charge in [0.1, 0.15) is 5.75 Å². The Morgan fingerprint density at radius 1 is 1.12 bits per heavy atom. The number of rotatable bonds is 2. The van der Waals surface area contributed by atoms with Crippen molar-refractivity contribution in [3.8, 4) is 11.6 Å². The fourth-order valence-corrected chi connectivity index (χ4v) is 1.69. The molecule has 1 aromatic carbocycles. The van der Waals surface area contributed by atoms with Gasteiger partial charge in [-0.3, -0.25) is 0 Å². The summed E-state index contributed by atoms with van der Waals surface area (Å²) in [6.07, 6.45) is 0. The molecule has 0 saturated carbocycles. The van der Waals surface area contributed by atoms with Gasteiger partial charge in [0.15, 0.2) is 0 Å². The van der Waals surface area contributed by atoms with Crippen molar-refractivity contribution in [3.05, 3.63) is 23.9 Å². The Kier molecular flexibility index (Phi) is 2.56. The summed E-state index contributed by atoms with van der Waals surface area (Å²) in [5.41, 5.74) is 7.43. The van der Waals surface area contributed by atoms with Gasteiger partial charge in [-0.1, -0.05) is 0 Å². The average Bonchev–Trinajstić information content (AvgIpc) is 2.33. The number of fused-ring (bicyclic) bond motifs is 1. The minimum absolute atomic E-state index is 0.570. The summed E-state index contributed by atoms with van der Waals surface area (Å²) >= 11 is 0. The molecular formula is C12H14N2O2. The van der Waals surface area contributed by atoms with Crippen LogP contribution in [0.4, 0.5) is 5.69 Å². The summed E-state index contributed by atoms with van der Waals surface area (Å²) in [5, 5.41) is 1.80. The maximum absolute atomic E-state index is 5.97. The number of nitrogens with zero attached hydrogens (tertiary/aromatic N) is 1. The number of hydrogen-bond acceptors (Lipinski definition) is 4. The Bertz CT molecular complexity index is 538. The molecular weight excluding hydrogens is 204 g/mol. The van der Waals surface area contributed by atoms with E-state index in [1.165, 1.54) is 0 Å². The van der Waals surface area contributed by atoms with Crippen molar-refractivity contribution < 1.29 is 9.47 Å². The Balaban J connectivity index is 2.82. The maximum atomic E-state index is 5.97. The zero-order valence-corrected chi connectivity index (χ0v) is 9.57. The molecule has 0 amide bonds. The highest BCUT2D eigenvalue weighted by atomic mass is 16.5. The van der Waals surface area contributed by atoms with Crippen LogP contribution in [-0.2, 0) is 0 Å². The van der Waals surface area contributed by atoms with Crippen molar-refractivity contribution in [1.29, 1.82) is 0 Å². The quantitative estimate of drug-likeness (QED) is 0.839. The van der Waals surface area contributed by atoms with E-state index in [4.69, 9.17) is 15.2 Å². The van der Waals surface area contributed by atoms with Crippen LogP contribution in [0, 0.1) is 6.92 Å². The summed E-state index contributed by atoms with van der Waals surface area (Å²) in [7, 11) is 3.22. The second kappa shape index (κ2) is 3.89. The van der Waals surface area contributed by atoms with Crippen LogP contribution in [0.3, 0.4) is 0 Å². The number of aryl methyl sites for hydroxylation is 1. The van der Waals surface area contributed by atoms with Crippen molar-refractivity contribution >= 4 is 16.5 Å². The van der Waals surface area contributed by atoms with E-state index >= 15 is 0 Å². The lowest BCUT2D eigenvalue weighted by atomic mass is 10.1. The Hall–Kier alpha value is -1.97. The zero-order chi connectivity index (χ0) is 11.7. The van der Waals surface area contributed by atoms with Crippen LogP contribution in [0.2, 0.25) is 0 Å². The van der Waals surface area contributed by atoms with E-state index in [9.17, 15) is 0 Å². The number of methoxy groups -OCH3 is 2. The van der Waals surface area contributed by atoms with Crippen LogP contribution >= 0.6 is 0 Å². The van der Waals surface area contributed by atoms with E-state index in [0.717, 1.165) is 22.2 Å². The number of ether oxygens (including phenoxy) is 2. The summed E-state index contributed by atoms with van der Waals surface area (Å²) in [5.74, 6) is 1.33. The zero-order valence-electron chi connectivity index (χ0n) is 9.57. The summed E-state index contributed by atoms with van der Waals surface area (Å²) in [4.78, 5) is 4.29. The first kappa shape index (κ1) is 10.5. The number of aromatic nitrogens is 1. The first-order valence-corrected chi connectivity index (χ1v) is 4.95. The predicted molar refractivity (Wildman–Crippen MR) is 64.0 cm³/mol. The second-order valence-electron chi connectivity index (χ2n) is 3.53. The minimum atomic E-state index is 0.570. The SMILES string of the molecule is COc1ccc2c(N)c(C)nc(OC)c2c1. The second-order valence-corrected chi connectivity index (χ2v) is 3.53. The molecule has 1 heterocycles. The average molecular weight is 218 g/mol. The van der Waals surface area contributed by atoms with Gasteiger partial charge in [-0.25, -0.2) is 4.98 Å².